The standard InChI is InChI=1S/C13H12N2O2S/c1-18-11-5-2-9(3-6-11)14-15-10-4-7-12(16)13(17)8-10/h2-8,16-17H,1H3. The minimum absolute atomic E-state index is 0.168. The molecular formula is C13H12N2O2S. The third kappa shape index (κ3) is 3.01. The molecule has 2 rings (SSSR count). The maximum atomic E-state index is 9.31. The predicted octanol–water partition coefficient (Wildman–Crippen LogP) is 4.24. The molecule has 2 aromatic rings. The molecule has 0 aromatic heterocycles. The van der Waals surface area contributed by atoms with E-state index in [-0.39, 0.29) is 11.5 Å². The third-order valence-corrected chi connectivity index (χ3v) is 3.06. The van der Waals surface area contributed by atoms with Crippen molar-refractivity contribution in [2.75, 3.05) is 6.26 Å². The maximum Gasteiger partial charge on any atom is 0.159 e. The minimum Gasteiger partial charge on any atom is -0.504 e. The van der Waals surface area contributed by atoms with E-state index >= 15 is 0 Å². The fraction of sp³-hybridized carbons (Fsp3) is 0.0769. The van der Waals surface area contributed by atoms with Crippen LogP contribution in [0.2, 0.25) is 0 Å². The van der Waals surface area contributed by atoms with E-state index in [9.17, 15) is 5.11 Å². The quantitative estimate of drug-likeness (QED) is 0.493. The Hall–Kier alpha value is -2.01. The van der Waals surface area contributed by atoms with E-state index in [2.05, 4.69) is 10.2 Å². The van der Waals surface area contributed by atoms with Gasteiger partial charge in [-0.1, -0.05) is 0 Å². The smallest absolute Gasteiger partial charge is 0.159 e. The summed E-state index contributed by atoms with van der Waals surface area (Å²) in [5.74, 6) is -0.373. The lowest BCUT2D eigenvalue weighted by Crippen LogP contribution is -1.69. The zero-order chi connectivity index (χ0) is 13.0. The highest BCUT2D eigenvalue weighted by atomic mass is 32.2. The summed E-state index contributed by atoms with van der Waals surface area (Å²) < 4.78 is 0. The molecule has 0 aliphatic heterocycles. The van der Waals surface area contributed by atoms with Crippen molar-refractivity contribution in [1.29, 1.82) is 0 Å². The number of thioether (sulfide) groups is 1. The largest absolute Gasteiger partial charge is 0.504 e. The minimum atomic E-state index is -0.204. The summed E-state index contributed by atoms with van der Waals surface area (Å²) in [7, 11) is 0. The molecule has 18 heavy (non-hydrogen) atoms. The lowest BCUT2D eigenvalue weighted by Gasteiger charge is -1.98. The van der Waals surface area contributed by atoms with Crippen LogP contribution in [0, 0.1) is 0 Å². The van der Waals surface area contributed by atoms with Crippen molar-refractivity contribution in [3.8, 4) is 11.5 Å². The molecule has 2 aromatic carbocycles. The van der Waals surface area contributed by atoms with Gasteiger partial charge in [-0.2, -0.15) is 10.2 Å². The van der Waals surface area contributed by atoms with Gasteiger partial charge in [-0.15, -0.1) is 11.8 Å². The van der Waals surface area contributed by atoms with Gasteiger partial charge in [0.1, 0.15) is 0 Å². The first-order valence-electron chi connectivity index (χ1n) is 5.27. The van der Waals surface area contributed by atoms with Gasteiger partial charge >= 0.3 is 0 Å². The topological polar surface area (TPSA) is 65.2 Å². The maximum absolute atomic E-state index is 9.31. The van der Waals surface area contributed by atoms with Crippen LogP contribution < -0.4 is 0 Å². The first-order chi connectivity index (χ1) is 8.69. The van der Waals surface area contributed by atoms with Crippen LogP contribution in [0.15, 0.2) is 57.6 Å². The number of hydrogen-bond donors (Lipinski definition) is 2. The molecule has 0 atom stereocenters. The average Bonchev–Trinajstić information content (AvgIpc) is 2.41. The van der Waals surface area contributed by atoms with Crippen molar-refractivity contribution >= 4 is 23.1 Å². The van der Waals surface area contributed by atoms with Gasteiger partial charge in [0, 0.05) is 11.0 Å². The van der Waals surface area contributed by atoms with E-state index in [0.717, 1.165) is 10.6 Å². The molecule has 0 spiro atoms. The van der Waals surface area contributed by atoms with Gasteiger partial charge in [0.05, 0.1) is 11.4 Å². The molecule has 0 unspecified atom stereocenters. The number of nitrogens with zero attached hydrogens (tertiary/aromatic N) is 2. The molecule has 0 saturated heterocycles. The van der Waals surface area contributed by atoms with Gasteiger partial charge in [0.25, 0.3) is 0 Å². The van der Waals surface area contributed by atoms with Crippen molar-refractivity contribution < 1.29 is 10.2 Å². The number of phenolic OH excluding ortho intramolecular Hbond substituents is 2. The number of azo groups is 1. The summed E-state index contributed by atoms with van der Waals surface area (Å²) in [6.45, 7) is 0. The second kappa shape index (κ2) is 5.55. The highest BCUT2D eigenvalue weighted by Gasteiger charge is 1.99. The molecule has 0 fully saturated rings. The van der Waals surface area contributed by atoms with Gasteiger partial charge in [0.2, 0.25) is 0 Å². The van der Waals surface area contributed by atoms with E-state index < -0.39 is 0 Å². The van der Waals surface area contributed by atoms with Crippen LogP contribution in [0.25, 0.3) is 0 Å². The first kappa shape index (κ1) is 12.4. The number of aromatic hydroxyl groups is 2. The molecule has 0 aliphatic rings. The van der Waals surface area contributed by atoms with Gasteiger partial charge in [-0.25, -0.2) is 0 Å². The first-order valence-corrected chi connectivity index (χ1v) is 6.49. The van der Waals surface area contributed by atoms with Crippen LogP contribution in [0.1, 0.15) is 0 Å². The Morgan fingerprint density at radius 1 is 0.833 bits per heavy atom. The number of rotatable bonds is 3. The number of benzene rings is 2. The zero-order valence-corrected chi connectivity index (χ0v) is 10.6. The Bertz CT molecular complexity index is 568. The van der Waals surface area contributed by atoms with Gasteiger partial charge in [-0.3, -0.25) is 0 Å². The molecule has 0 radical (unpaired) electrons. The predicted molar refractivity (Wildman–Crippen MR) is 72.2 cm³/mol. The average molecular weight is 260 g/mol. The van der Waals surface area contributed by atoms with Gasteiger partial charge in [-0.05, 0) is 42.7 Å². The lowest BCUT2D eigenvalue weighted by molar-refractivity contribution is 0.404. The summed E-state index contributed by atoms with van der Waals surface area (Å²) in [5.41, 5.74) is 1.22. The van der Waals surface area contributed by atoms with Crippen molar-refractivity contribution in [3.05, 3.63) is 42.5 Å². The molecule has 0 aliphatic carbocycles. The second-order valence-electron chi connectivity index (χ2n) is 3.57. The highest BCUT2D eigenvalue weighted by molar-refractivity contribution is 7.98. The van der Waals surface area contributed by atoms with Crippen LogP contribution in [-0.4, -0.2) is 16.5 Å². The second-order valence-corrected chi connectivity index (χ2v) is 4.45. The van der Waals surface area contributed by atoms with E-state index in [1.807, 2.05) is 30.5 Å². The Morgan fingerprint density at radius 2 is 1.44 bits per heavy atom. The van der Waals surface area contributed by atoms with Crippen LogP contribution in [0.3, 0.4) is 0 Å². The normalized spacial score (nSPS) is 10.9. The molecule has 0 saturated carbocycles. The van der Waals surface area contributed by atoms with E-state index in [4.69, 9.17) is 5.11 Å². The van der Waals surface area contributed by atoms with E-state index in [1.54, 1.807) is 17.8 Å². The van der Waals surface area contributed by atoms with Gasteiger partial charge < -0.3 is 10.2 Å². The lowest BCUT2D eigenvalue weighted by atomic mass is 10.3. The Morgan fingerprint density at radius 3 is 2.06 bits per heavy atom. The zero-order valence-electron chi connectivity index (χ0n) is 9.74. The SMILES string of the molecule is CSc1ccc(N=Nc2ccc(O)c(O)c2)cc1. The van der Waals surface area contributed by atoms with Crippen LogP contribution in [0.5, 0.6) is 11.5 Å². The molecule has 4 nitrogen and oxygen atoms in total. The summed E-state index contributed by atoms with van der Waals surface area (Å²) in [6.07, 6.45) is 2.01. The third-order valence-electron chi connectivity index (χ3n) is 2.31. The fourth-order valence-electron chi connectivity index (χ4n) is 1.34. The molecule has 0 heterocycles. The molecular weight excluding hydrogens is 248 g/mol. The molecule has 92 valence electrons. The van der Waals surface area contributed by atoms with Crippen LogP contribution >= 0.6 is 11.8 Å². The van der Waals surface area contributed by atoms with Crippen LogP contribution in [0.4, 0.5) is 11.4 Å². The van der Waals surface area contributed by atoms with E-state index in [1.165, 1.54) is 12.1 Å². The number of hydrogen-bond acceptors (Lipinski definition) is 5. The highest BCUT2D eigenvalue weighted by Crippen LogP contribution is 2.30. The number of phenols is 2. The fourth-order valence-corrected chi connectivity index (χ4v) is 1.75. The monoisotopic (exact) mass is 260 g/mol. The van der Waals surface area contributed by atoms with Crippen molar-refractivity contribution in [2.45, 2.75) is 4.90 Å². The molecule has 2 N–H and O–H groups in total. The Balaban J connectivity index is 2.16. The summed E-state index contributed by atoms with van der Waals surface area (Å²) in [4.78, 5) is 1.16. The summed E-state index contributed by atoms with van der Waals surface area (Å²) in [5, 5.41) is 26.5. The Kier molecular flexibility index (Phi) is 3.84. The van der Waals surface area contributed by atoms with Crippen LogP contribution in [-0.2, 0) is 0 Å². The molecule has 0 amide bonds. The van der Waals surface area contributed by atoms with Gasteiger partial charge in [0.15, 0.2) is 11.5 Å². The van der Waals surface area contributed by atoms with Crippen molar-refractivity contribution in [2.24, 2.45) is 10.2 Å². The van der Waals surface area contributed by atoms with E-state index in [0.29, 0.717) is 5.69 Å². The summed E-state index contributed by atoms with van der Waals surface area (Å²) in [6, 6.07) is 12.0. The Labute approximate surface area is 109 Å². The summed E-state index contributed by atoms with van der Waals surface area (Å²) >= 11 is 1.66. The molecule has 0 bridgehead atoms. The molecule has 5 heteroatoms. The van der Waals surface area contributed by atoms with Crippen molar-refractivity contribution in [1.82, 2.24) is 0 Å². The van der Waals surface area contributed by atoms with Crippen molar-refractivity contribution in [3.63, 3.8) is 0 Å².